The van der Waals surface area contributed by atoms with Crippen molar-refractivity contribution in [2.45, 2.75) is 52.0 Å². The van der Waals surface area contributed by atoms with Crippen molar-refractivity contribution < 1.29 is 4.74 Å². The van der Waals surface area contributed by atoms with Gasteiger partial charge in [-0.1, -0.05) is 29.8 Å². The molecule has 0 unspecified atom stereocenters. The zero-order chi connectivity index (χ0) is 14.6. The van der Waals surface area contributed by atoms with E-state index >= 15 is 0 Å². The van der Waals surface area contributed by atoms with Gasteiger partial charge in [0.05, 0.1) is 7.11 Å². The van der Waals surface area contributed by atoms with Crippen molar-refractivity contribution in [3.8, 4) is 5.75 Å². The summed E-state index contributed by atoms with van der Waals surface area (Å²) in [6, 6.07) is 7.07. The highest BCUT2D eigenvalue weighted by molar-refractivity contribution is 9.10. The van der Waals surface area contributed by atoms with Crippen molar-refractivity contribution in [2.24, 2.45) is 5.41 Å². The Morgan fingerprint density at radius 2 is 2.05 bits per heavy atom. The van der Waals surface area contributed by atoms with Crippen molar-refractivity contribution in [1.29, 1.82) is 0 Å². The molecule has 0 aromatic heterocycles. The van der Waals surface area contributed by atoms with Crippen LogP contribution in [0.3, 0.4) is 0 Å². The Morgan fingerprint density at radius 3 is 2.70 bits per heavy atom. The molecule has 0 aliphatic heterocycles. The number of benzene rings is 1. The van der Waals surface area contributed by atoms with Crippen LogP contribution in [-0.2, 0) is 6.42 Å². The van der Waals surface area contributed by atoms with Gasteiger partial charge in [-0.05, 0) is 67.8 Å². The van der Waals surface area contributed by atoms with Crippen LogP contribution in [0.4, 0.5) is 0 Å². The summed E-state index contributed by atoms with van der Waals surface area (Å²) >= 11 is 3.55. The lowest BCUT2D eigenvalue weighted by atomic mass is 9.83. The van der Waals surface area contributed by atoms with E-state index in [9.17, 15) is 0 Å². The summed E-state index contributed by atoms with van der Waals surface area (Å²) in [4.78, 5) is 0. The predicted octanol–water partition coefficient (Wildman–Crippen LogP) is 4.56. The largest absolute Gasteiger partial charge is 0.496 e. The molecule has 0 saturated heterocycles. The van der Waals surface area contributed by atoms with Crippen LogP contribution in [0.5, 0.6) is 5.75 Å². The first-order chi connectivity index (χ1) is 9.50. The van der Waals surface area contributed by atoms with Crippen LogP contribution in [0, 0.1) is 5.41 Å². The van der Waals surface area contributed by atoms with Crippen LogP contribution in [-0.4, -0.2) is 19.7 Å². The second-order valence-electron chi connectivity index (χ2n) is 6.60. The third kappa shape index (κ3) is 5.10. The number of methoxy groups -OCH3 is 1. The van der Waals surface area contributed by atoms with Crippen molar-refractivity contribution in [3.05, 3.63) is 28.2 Å². The Labute approximate surface area is 131 Å². The maximum atomic E-state index is 5.45. The second kappa shape index (κ2) is 6.95. The minimum absolute atomic E-state index is 0.370. The normalized spacial score (nSPS) is 15.4. The van der Waals surface area contributed by atoms with Gasteiger partial charge >= 0.3 is 0 Å². The molecule has 1 aromatic rings. The second-order valence-corrected chi connectivity index (χ2v) is 7.51. The SMILES string of the molecule is COc1ccc(Br)cc1CCC(C)(C)CCNC1CC1. The van der Waals surface area contributed by atoms with Gasteiger partial charge in [-0.2, -0.15) is 0 Å². The van der Waals surface area contributed by atoms with E-state index in [0.717, 1.165) is 29.2 Å². The molecule has 1 saturated carbocycles. The molecule has 2 rings (SSSR count). The number of nitrogens with one attached hydrogen (secondary N) is 1. The standard InChI is InChI=1S/C17H26BrNO/c1-17(2,10-11-19-15-5-6-15)9-8-13-12-14(18)4-7-16(13)20-3/h4,7,12,15,19H,5-6,8-11H2,1-3H3. The summed E-state index contributed by atoms with van der Waals surface area (Å²) in [5.74, 6) is 1.00. The zero-order valence-corrected chi connectivity index (χ0v) is 14.4. The summed E-state index contributed by atoms with van der Waals surface area (Å²) in [6.07, 6.45) is 6.23. The lowest BCUT2D eigenvalue weighted by Gasteiger charge is -2.25. The lowest BCUT2D eigenvalue weighted by molar-refractivity contribution is 0.300. The maximum Gasteiger partial charge on any atom is 0.122 e. The van der Waals surface area contributed by atoms with Crippen LogP contribution in [0.1, 0.15) is 45.1 Å². The Kier molecular flexibility index (Phi) is 5.50. The highest BCUT2D eigenvalue weighted by atomic mass is 79.9. The third-order valence-corrected chi connectivity index (χ3v) is 4.62. The fourth-order valence-electron chi connectivity index (χ4n) is 2.44. The molecule has 112 valence electrons. The summed E-state index contributed by atoms with van der Waals surface area (Å²) in [6.45, 7) is 5.88. The third-order valence-electron chi connectivity index (χ3n) is 4.13. The molecule has 20 heavy (non-hydrogen) atoms. The highest BCUT2D eigenvalue weighted by Gasteiger charge is 2.23. The van der Waals surface area contributed by atoms with Crippen molar-refractivity contribution >= 4 is 15.9 Å². The molecule has 2 nitrogen and oxygen atoms in total. The number of halogens is 1. The summed E-state index contributed by atoms with van der Waals surface area (Å²) < 4.78 is 6.58. The molecule has 1 N–H and O–H groups in total. The van der Waals surface area contributed by atoms with Crippen molar-refractivity contribution in [2.75, 3.05) is 13.7 Å². The first-order valence-corrected chi connectivity index (χ1v) is 8.35. The lowest BCUT2D eigenvalue weighted by Crippen LogP contribution is -2.24. The summed E-state index contributed by atoms with van der Waals surface area (Å²) in [5, 5.41) is 3.61. The Balaban J connectivity index is 1.84. The smallest absolute Gasteiger partial charge is 0.122 e. The van der Waals surface area contributed by atoms with E-state index in [1.165, 1.54) is 31.2 Å². The summed E-state index contributed by atoms with van der Waals surface area (Å²) in [5.41, 5.74) is 1.67. The minimum Gasteiger partial charge on any atom is -0.496 e. The summed E-state index contributed by atoms with van der Waals surface area (Å²) in [7, 11) is 1.75. The van der Waals surface area contributed by atoms with Gasteiger partial charge in [-0.3, -0.25) is 0 Å². The van der Waals surface area contributed by atoms with E-state index in [1.54, 1.807) is 7.11 Å². The van der Waals surface area contributed by atoms with Gasteiger partial charge in [-0.25, -0.2) is 0 Å². The van der Waals surface area contributed by atoms with E-state index in [2.05, 4.69) is 41.2 Å². The zero-order valence-electron chi connectivity index (χ0n) is 12.8. The molecule has 0 atom stereocenters. The molecule has 0 bridgehead atoms. The van der Waals surface area contributed by atoms with Gasteiger partial charge < -0.3 is 10.1 Å². The van der Waals surface area contributed by atoms with E-state index in [1.807, 2.05) is 12.1 Å². The van der Waals surface area contributed by atoms with E-state index in [0.29, 0.717) is 5.41 Å². The average Bonchev–Trinajstić information content (AvgIpc) is 3.21. The van der Waals surface area contributed by atoms with Crippen LogP contribution in [0.25, 0.3) is 0 Å². The van der Waals surface area contributed by atoms with Crippen LogP contribution in [0.2, 0.25) is 0 Å². The molecular formula is C17H26BrNO. The number of hydrogen-bond acceptors (Lipinski definition) is 2. The fourth-order valence-corrected chi connectivity index (χ4v) is 2.85. The van der Waals surface area contributed by atoms with Gasteiger partial charge in [0.15, 0.2) is 0 Å². The predicted molar refractivity (Wildman–Crippen MR) is 88.4 cm³/mol. The molecule has 1 fully saturated rings. The van der Waals surface area contributed by atoms with Crippen molar-refractivity contribution in [1.82, 2.24) is 5.32 Å². The minimum atomic E-state index is 0.370. The molecule has 3 heteroatoms. The van der Waals surface area contributed by atoms with Gasteiger partial charge in [0.1, 0.15) is 5.75 Å². The van der Waals surface area contributed by atoms with Gasteiger partial charge in [0.25, 0.3) is 0 Å². The van der Waals surface area contributed by atoms with E-state index in [-0.39, 0.29) is 0 Å². The number of rotatable bonds is 8. The first-order valence-electron chi connectivity index (χ1n) is 7.56. The van der Waals surface area contributed by atoms with Gasteiger partial charge in [0, 0.05) is 10.5 Å². The molecule has 1 aromatic carbocycles. The quantitative estimate of drug-likeness (QED) is 0.749. The topological polar surface area (TPSA) is 21.3 Å². The molecule has 0 heterocycles. The first kappa shape index (κ1) is 15.8. The maximum absolute atomic E-state index is 5.45. The van der Waals surface area contributed by atoms with Crippen LogP contribution < -0.4 is 10.1 Å². The molecule has 0 radical (unpaired) electrons. The molecule has 1 aliphatic carbocycles. The highest BCUT2D eigenvalue weighted by Crippen LogP contribution is 2.31. The van der Waals surface area contributed by atoms with E-state index < -0.39 is 0 Å². The number of ether oxygens (including phenoxy) is 1. The molecule has 0 amide bonds. The molecule has 1 aliphatic rings. The average molecular weight is 340 g/mol. The van der Waals surface area contributed by atoms with Gasteiger partial charge in [-0.15, -0.1) is 0 Å². The Hall–Kier alpha value is -0.540. The van der Waals surface area contributed by atoms with Crippen molar-refractivity contribution in [3.63, 3.8) is 0 Å². The Bertz CT molecular complexity index is 441. The van der Waals surface area contributed by atoms with Crippen LogP contribution >= 0.6 is 15.9 Å². The van der Waals surface area contributed by atoms with Crippen LogP contribution in [0.15, 0.2) is 22.7 Å². The monoisotopic (exact) mass is 339 g/mol. The Morgan fingerprint density at radius 1 is 1.30 bits per heavy atom. The van der Waals surface area contributed by atoms with E-state index in [4.69, 9.17) is 4.74 Å². The molecule has 0 spiro atoms. The molecular weight excluding hydrogens is 314 g/mol. The number of hydrogen-bond donors (Lipinski definition) is 1. The number of aryl methyl sites for hydroxylation is 1. The fraction of sp³-hybridized carbons (Fsp3) is 0.647. The van der Waals surface area contributed by atoms with Gasteiger partial charge in [0.2, 0.25) is 0 Å².